The number of aryl methyl sites for hydroxylation is 1. The molecule has 24 heavy (non-hydrogen) atoms. The number of nitrogens with zero attached hydrogens (tertiary/aromatic N) is 4. The van der Waals surface area contributed by atoms with Gasteiger partial charge >= 0.3 is 0 Å². The first-order valence-electron chi connectivity index (χ1n) is 8.89. The van der Waals surface area contributed by atoms with E-state index in [0.717, 1.165) is 75.2 Å². The highest BCUT2D eigenvalue weighted by atomic mass is 16.5. The summed E-state index contributed by atoms with van der Waals surface area (Å²) in [6.45, 7) is 5.61. The van der Waals surface area contributed by atoms with Crippen LogP contribution in [0.25, 0.3) is 0 Å². The second-order valence-electron chi connectivity index (χ2n) is 6.29. The lowest BCUT2D eigenvalue weighted by Gasteiger charge is -2.27. The van der Waals surface area contributed by atoms with Crippen LogP contribution in [0.2, 0.25) is 0 Å². The lowest BCUT2D eigenvalue weighted by atomic mass is 9.96. The van der Waals surface area contributed by atoms with Gasteiger partial charge in [-0.2, -0.15) is 0 Å². The standard InChI is InChI=1S/C19H26N4O/c1-2-17-6-11-21-19(22-17)23(15-18-5-3-4-10-20-18)12-7-16-8-13-24-14-9-16/h3-6,10-11,16H,2,7-9,12-15H2,1H3. The van der Waals surface area contributed by atoms with E-state index in [9.17, 15) is 0 Å². The Balaban J connectivity index is 1.71. The molecule has 3 rings (SSSR count). The Labute approximate surface area is 144 Å². The normalized spacial score (nSPS) is 15.4. The van der Waals surface area contributed by atoms with E-state index in [1.165, 1.54) is 0 Å². The minimum absolute atomic E-state index is 0.736. The summed E-state index contributed by atoms with van der Waals surface area (Å²) in [6.07, 6.45) is 8.10. The van der Waals surface area contributed by atoms with E-state index in [1.54, 1.807) is 0 Å². The molecule has 1 saturated heterocycles. The van der Waals surface area contributed by atoms with Gasteiger partial charge in [-0.1, -0.05) is 13.0 Å². The number of rotatable bonds is 7. The number of ether oxygens (including phenoxy) is 1. The van der Waals surface area contributed by atoms with Crippen molar-refractivity contribution in [2.24, 2.45) is 5.92 Å². The molecule has 128 valence electrons. The average molecular weight is 326 g/mol. The van der Waals surface area contributed by atoms with Crippen LogP contribution in [0.3, 0.4) is 0 Å². The zero-order valence-corrected chi connectivity index (χ0v) is 14.4. The molecular formula is C19H26N4O. The molecule has 0 amide bonds. The smallest absolute Gasteiger partial charge is 0.225 e. The molecule has 0 aromatic carbocycles. The maximum absolute atomic E-state index is 5.47. The summed E-state index contributed by atoms with van der Waals surface area (Å²) < 4.78 is 5.47. The van der Waals surface area contributed by atoms with Crippen LogP contribution in [-0.2, 0) is 17.7 Å². The summed E-state index contributed by atoms with van der Waals surface area (Å²) in [7, 11) is 0. The van der Waals surface area contributed by atoms with Crippen LogP contribution in [0.15, 0.2) is 36.7 Å². The molecule has 0 radical (unpaired) electrons. The van der Waals surface area contributed by atoms with Crippen molar-refractivity contribution in [3.05, 3.63) is 48.0 Å². The van der Waals surface area contributed by atoms with E-state index < -0.39 is 0 Å². The highest BCUT2D eigenvalue weighted by Crippen LogP contribution is 2.21. The molecule has 0 atom stereocenters. The lowest BCUT2D eigenvalue weighted by molar-refractivity contribution is 0.0644. The Morgan fingerprint density at radius 1 is 1.08 bits per heavy atom. The summed E-state index contributed by atoms with van der Waals surface area (Å²) in [6, 6.07) is 8.03. The predicted octanol–water partition coefficient (Wildman–Crippen LogP) is 3.26. The molecule has 1 aliphatic heterocycles. The van der Waals surface area contributed by atoms with Crippen molar-refractivity contribution >= 4 is 5.95 Å². The van der Waals surface area contributed by atoms with E-state index in [-0.39, 0.29) is 0 Å². The van der Waals surface area contributed by atoms with Crippen LogP contribution < -0.4 is 4.90 Å². The van der Waals surface area contributed by atoms with Gasteiger partial charge in [0.1, 0.15) is 0 Å². The molecule has 0 saturated carbocycles. The second kappa shape index (κ2) is 8.73. The van der Waals surface area contributed by atoms with Crippen LogP contribution in [-0.4, -0.2) is 34.7 Å². The topological polar surface area (TPSA) is 51.1 Å². The van der Waals surface area contributed by atoms with E-state index in [0.29, 0.717) is 0 Å². The van der Waals surface area contributed by atoms with E-state index >= 15 is 0 Å². The summed E-state index contributed by atoms with van der Waals surface area (Å²) >= 11 is 0. The Morgan fingerprint density at radius 2 is 1.96 bits per heavy atom. The highest BCUT2D eigenvalue weighted by molar-refractivity contribution is 5.31. The van der Waals surface area contributed by atoms with Gasteiger partial charge in [-0.05, 0) is 49.8 Å². The average Bonchev–Trinajstić information content (AvgIpc) is 2.67. The SMILES string of the molecule is CCc1ccnc(N(CCC2CCOCC2)Cc2ccccn2)n1. The molecule has 5 nitrogen and oxygen atoms in total. The van der Waals surface area contributed by atoms with Crippen molar-refractivity contribution in [1.82, 2.24) is 15.0 Å². The van der Waals surface area contributed by atoms with Gasteiger partial charge in [0, 0.05) is 37.8 Å². The quantitative estimate of drug-likeness (QED) is 0.782. The molecular weight excluding hydrogens is 300 g/mol. The van der Waals surface area contributed by atoms with Gasteiger partial charge in [-0.3, -0.25) is 4.98 Å². The first kappa shape index (κ1) is 16.8. The minimum Gasteiger partial charge on any atom is -0.381 e. The molecule has 2 aromatic heterocycles. The van der Waals surface area contributed by atoms with Gasteiger partial charge in [0.15, 0.2) is 0 Å². The molecule has 1 aliphatic rings. The summed E-state index contributed by atoms with van der Waals surface area (Å²) in [4.78, 5) is 15.9. The Morgan fingerprint density at radius 3 is 2.71 bits per heavy atom. The monoisotopic (exact) mass is 326 g/mol. The molecule has 2 aromatic rings. The van der Waals surface area contributed by atoms with Crippen molar-refractivity contribution in [2.75, 3.05) is 24.7 Å². The fourth-order valence-electron chi connectivity index (χ4n) is 3.04. The Bertz CT molecular complexity index is 614. The largest absolute Gasteiger partial charge is 0.381 e. The number of aromatic nitrogens is 3. The second-order valence-corrected chi connectivity index (χ2v) is 6.29. The van der Waals surface area contributed by atoms with Gasteiger partial charge in [-0.25, -0.2) is 9.97 Å². The van der Waals surface area contributed by atoms with Gasteiger partial charge in [0.05, 0.1) is 12.2 Å². The third kappa shape index (κ3) is 4.74. The third-order valence-electron chi connectivity index (χ3n) is 4.57. The number of anilines is 1. The van der Waals surface area contributed by atoms with Crippen molar-refractivity contribution in [2.45, 2.75) is 39.2 Å². The molecule has 3 heterocycles. The maximum atomic E-state index is 5.47. The van der Waals surface area contributed by atoms with Crippen LogP contribution in [0.1, 0.15) is 37.6 Å². The zero-order chi connectivity index (χ0) is 16.6. The predicted molar refractivity (Wildman–Crippen MR) is 94.9 cm³/mol. The van der Waals surface area contributed by atoms with Crippen LogP contribution >= 0.6 is 0 Å². The molecule has 0 aliphatic carbocycles. The summed E-state index contributed by atoms with van der Waals surface area (Å²) in [5, 5.41) is 0. The van der Waals surface area contributed by atoms with Crippen LogP contribution in [0, 0.1) is 5.92 Å². The molecule has 1 fully saturated rings. The first-order chi connectivity index (χ1) is 11.8. The third-order valence-corrected chi connectivity index (χ3v) is 4.57. The summed E-state index contributed by atoms with van der Waals surface area (Å²) in [5.41, 5.74) is 2.13. The fraction of sp³-hybridized carbons (Fsp3) is 0.526. The molecule has 0 spiro atoms. The molecule has 5 heteroatoms. The van der Waals surface area contributed by atoms with Gasteiger partial charge in [0.25, 0.3) is 0 Å². The molecule has 0 unspecified atom stereocenters. The van der Waals surface area contributed by atoms with E-state index in [1.807, 2.05) is 30.6 Å². The maximum Gasteiger partial charge on any atom is 0.225 e. The molecule has 0 bridgehead atoms. The van der Waals surface area contributed by atoms with Crippen molar-refractivity contribution in [1.29, 1.82) is 0 Å². The zero-order valence-electron chi connectivity index (χ0n) is 14.4. The van der Waals surface area contributed by atoms with Crippen molar-refractivity contribution in [3.8, 4) is 0 Å². The fourth-order valence-corrected chi connectivity index (χ4v) is 3.04. The highest BCUT2D eigenvalue weighted by Gasteiger charge is 2.17. The molecule has 0 N–H and O–H groups in total. The van der Waals surface area contributed by atoms with E-state index in [4.69, 9.17) is 9.72 Å². The van der Waals surface area contributed by atoms with E-state index in [2.05, 4.69) is 27.9 Å². The number of hydrogen-bond acceptors (Lipinski definition) is 5. The van der Waals surface area contributed by atoms with Crippen molar-refractivity contribution < 1.29 is 4.74 Å². The van der Waals surface area contributed by atoms with Gasteiger partial charge < -0.3 is 9.64 Å². The Kier molecular flexibility index (Phi) is 6.13. The van der Waals surface area contributed by atoms with Gasteiger partial charge in [-0.15, -0.1) is 0 Å². The minimum atomic E-state index is 0.736. The lowest BCUT2D eigenvalue weighted by Crippen LogP contribution is -2.29. The number of hydrogen-bond donors (Lipinski definition) is 0. The van der Waals surface area contributed by atoms with Gasteiger partial charge in [0.2, 0.25) is 5.95 Å². The summed E-state index contributed by atoms with van der Waals surface area (Å²) in [5.74, 6) is 1.55. The van der Waals surface area contributed by atoms with Crippen LogP contribution in [0.4, 0.5) is 5.95 Å². The number of pyridine rings is 1. The first-order valence-corrected chi connectivity index (χ1v) is 8.89. The van der Waals surface area contributed by atoms with Crippen LogP contribution in [0.5, 0.6) is 0 Å². The Hall–Kier alpha value is -2.01. The van der Waals surface area contributed by atoms with Crippen molar-refractivity contribution in [3.63, 3.8) is 0 Å².